The van der Waals surface area contributed by atoms with Crippen LogP contribution in [-0.4, -0.2) is 52.6 Å². The second-order valence-electron chi connectivity index (χ2n) is 14.2. The number of alkyl halides is 3. The minimum Gasteiger partial charge on any atom is -0.508 e. The normalized spacial score (nSPS) is 26.1. The maximum Gasteiger partial charge on any atom is 0.433 e. The number of anilines is 1. The van der Waals surface area contributed by atoms with Crippen molar-refractivity contribution >= 4 is 46.4 Å². The van der Waals surface area contributed by atoms with Gasteiger partial charge in [0.15, 0.2) is 17.4 Å². The number of amides is 2. The molecule has 0 spiro atoms. The van der Waals surface area contributed by atoms with E-state index >= 15 is 9.59 Å². The highest BCUT2D eigenvalue weighted by Crippen LogP contribution is 2.64. The summed E-state index contributed by atoms with van der Waals surface area (Å²) in [5.41, 5.74) is -0.682. The van der Waals surface area contributed by atoms with Gasteiger partial charge in [0.25, 0.3) is 11.8 Å². The first-order valence-electron chi connectivity index (χ1n) is 17.6. The third-order valence-electron chi connectivity index (χ3n) is 11.6. The predicted octanol–water partition coefficient (Wildman–Crippen LogP) is 7.34. The summed E-state index contributed by atoms with van der Waals surface area (Å²) < 4.78 is 46.7. The Balaban J connectivity index is 1.32. The van der Waals surface area contributed by atoms with Gasteiger partial charge in [-0.05, 0) is 66.3 Å². The quantitative estimate of drug-likeness (QED) is 0.160. The second kappa shape index (κ2) is 13.2. The molecule has 0 bridgehead atoms. The number of ether oxygens (including phenoxy) is 1. The molecule has 1 aromatic heterocycles. The van der Waals surface area contributed by atoms with Crippen molar-refractivity contribution in [2.75, 3.05) is 19.2 Å². The number of ketones is 2. The van der Waals surface area contributed by atoms with E-state index in [4.69, 9.17) is 16.3 Å². The molecule has 2 heterocycles. The van der Waals surface area contributed by atoms with Crippen LogP contribution in [0, 0.1) is 23.7 Å². The van der Waals surface area contributed by atoms with Crippen LogP contribution in [0.15, 0.2) is 109 Å². The van der Waals surface area contributed by atoms with Gasteiger partial charge in [-0.1, -0.05) is 83.9 Å². The minimum atomic E-state index is -4.82. The molecule has 1 saturated heterocycles. The molecule has 1 saturated carbocycles. The maximum atomic E-state index is 15.2. The molecule has 2 fully saturated rings. The van der Waals surface area contributed by atoms with Gasteiger partial charge in [0.1, 0.15) is 17.2 Å². The molecule has 3 aromatic carbocycles. The van der Waals surface area contributed by atoms with Crippen LogP contribution in [0.2, 0.25) is 5.02 Å². The van der Waals surface area contributed by atoms with Crippen molar-refractivity contribution in [1.29, 1.82) is 0 Å². The van der Waals surface area contributed by atoms with E-state index in [0.29, 0.717) is 34.1 Å². The van der Waals surface area contributed by atoms with Gasteiger partial charge in [-0.2, -0.15) is 18.2 Å². The number of carbonyl (C=O) groups is 4. The number of hydrogen-bond acceptors (Lipinski definition) is 8. The summed E-state index contributed by atoms with van der Waals surface area (Å²) in [6, 6.07) is 24.0. The zero-order chi connectivity index (χ0) is 39.0. The topological polar surface area (TPSA) is 117 Å². The lowest BCUT2D eigenvalue weighted by atomic mass is 9.44. The van der Waals surface area contributed by atoms with Gasteiger partial charge >= 0.3 is 6.18 Å². The van der Waals surface area contributed by atoms with Gasteiger partial charge in [-0.15, -0.1) is 0 Å². The molecule has 6 atom stereocenters. The monoisotopic (exact) mass is 767 g/mol. The first-order chi connectivity index (χ1) is 26.3. The van der Waals surface area contributed by atoms with Crippen LogP contribution in [0.25, 0.3) is 5.57 Å². The van der Waals surface area contributed by atoms with E-state index in [1.165, 1.54) is 26.3 Å². The number of hydrazine groups is 1. The second-order valence-corrected chi connectivity index (χ2v) is 14.6. The van der Waals surface area contributed by atoms with E-state index < -0.39 is 64.5 Å². The molecule has 8 rings (SSSR count). The number of carbonyl (C=O) groups excluding carboxylic acids is 4. The van der Waals surface area contributed by atoms with Gasteiger partial charge in [0.05, 0.1) is 29.4 Å². The van der Waals surface area contributed by atoms with Gasteiger partial charge in [-0.25, -0.2) is 4.98 Å². The number of rotatable bonds is 6. The molecule has 1 aliphatic heterocycles. The number of methoxy groups -OCH3 is 1. The highest BCUT2D eigenvalue weighted by Gasteiger charge is 2.66. The molecule has 4 aliphatic rings. The molecule has 0 radical (unpaired) electrons. The Morgan fingerprint density at radius 3 is 2.29 bits per heavy atom. The zero-order valence-electron chi connectivity index (χ0n) is 29.5. The summed E-state index contributed by atoms with van der Waals surface area (Å²) >= 11 is 6.31. The fourth-order valence-corrected chi connectivity index (χ4v) is 9.53. The smallest absolute Gasteiger partial charge is 0.433 e. The van der Waals surface area contributed by atoms with Crippen molar-refractivity contribution in [1.82, 2.24) is 9.99 Å². The average Bonchev–Trinajstić information content (AvgIpc) is 3.44. The first-order valence-corrected chi connectivity index (χ1v) is 18.0. The Morgan fingerprint density at radius 1 is 0.927 bits per heavy atom. The lowest BCUT2D eigenvalue weighted by molar-refractivity contribution is -0.141. The summed E-state index contributed by atoms with van der Waals surface area (Å²) in [5.74, 6) is -7.21. The molecule has 1 N–H and O–H groups in total. The van der Waals surface area contributed by atoms with Gasteiger partial charge in [0.2, 0.25) is 0 Å². The summed E-state index contributed by atoms with van der Waals surface area (Å²) in [5, 5.41) is 13.1. The first kappa shape index (κ1) is 36.2. The van der Waals surface area contributed by atoms with E-state index in [-0.39, 0.29) is 40.8 Å². The lowest BCUT2D eigenvalue weighted by Gasteiger charge is -2.55. The Labute approximate surface area is 318 Å². The fourth-order valence-electron chi connectivity index (χ4n) is 9.30. The van der Waals surface area contributed by atoms with Crippen LogP contribution in [-0.2, 0) is 30.8 Å². The number of halogens is 4. The number of nitrogens with zero attached hydrogens (tertiary/aromatic N) is 3. The largest absolute Gasteiger partial charge is 0.508 e. The Kier molecular flexibility index (Phi) is 8.71. The lowest BCUT2D eigenvalue weighted by Crippen LogP contribution is -2.59. The number of aromatic nitrogens is 1. The molecule has 3 aliphatic carbocycles. The third kappa shape index (κ3) is 5.48. The minimum absolute atomic E-state index is 0.0169. The highest BCUT2D eigenvalue weighted by molar-refractivity contribution is 6.33. The Hall–Kier alpha value is -5.75. The summed E-state index contributed by atoms with van der Waals surface area (Å²) in [7, 11) is 2.71. The summed E-state index contributed by atoms with van der Waals surface area (Å²) in [6.07, 6.45) is -1.60. The maximum absolute atomic E-state index is 15.2. The van der Waals surface area contributed by atoms with E-state index in [9.17, 15) is 27.9 Å². The molecular formula is C42H33ClF3N3O6. The molecule has 2 amide bonds. The number of fused-ring (bicyclic) bond motifs is 4. The Bertz CT molecular complexity index is 2330. The van der Waals surface area contributed by atoms with Crippen LogP contribution in [0.5, 0.6) is 11.5 Å². The molecular weight excluding hydrogens is 735 g/mol. The van der Waals surface area contributed by atoms with Crippen LogP contribution in [0.1, 0.15) is 41.1 Å². The van der Waals surface area contributed by atoms with Crippen molar-refractivity contribution in [3.05, 3.63) is 136 Å². The van der Waals surface area contributed by atoms with E-state index in [1.54, 1.807) is 72.8 Å². The molecule has 13 heteroatoms. The van der Waals surface area contributed by atoms with Crippen molar-refractivity contribution in [3.63, 3.8) is 0 Å². The summed E-state index contributed by atoms with van der Waals surface area (Å²) in [4.78, 5) is 62.8. The third-order valence-corrected chi connectivity index (χ3v) is 11.9. The number of aromatic hydroxyl groups is 1. The van der Waals surface area contributed by atoms with Crippen molar-refractivity contribution in [3.8, 4) is 11.5 Å². The van der Waals surface area contributed by atoms with Crippen molar-refractivity contribution in [2.45, 2.75) is 30.4 Å². The van der Waals surface area contributed by atoms with E-state index in [2.05, 4.69) is 4.98 Å². The van der Waals surface area contributed by atoms with E-state index in [1.807, 2.05) is 6.08 Å². The van der Waals surface area contributed by atoms with Gasteiger partial charge in [-0.3, -0.25) is 24.2 Å². The molecule has 4 aromatic rings. The van der Waals surface area contributed by atoms with Crippen molar-refractivity contribution in [2.24, 2.45) is 23.7 Å². The number of phenolic OH excluding ortho intramolecular Hbond substituents is 1. The van der Waals surface area contributed by atoms with Crippen LogP contribution < -0.4 is 9.75 Å². The average molecular weight is 768 g/mol. The number of hydrogen-bond donors (Lipinski definition) is 1. The molecule has 0 unspecified atom stereocenters. The number of benzene rings is 3. The van der Waals surface area contributed by atoms with Gasteiger partial charge < -0.3 is 9.84 Å². The molecule has 280 valence electrons. The number of pyridine rings is 1. The van der Waals surface area contributed by atoms with Crippen molar-refractivity contribution < 1.29 is 42.2 Å². The standard InChI is InChI=1S/C42H33ClF3N3O6/c1-48(38-31(43)16-18-33(47-38)42(44,45)46)49-39(53)26-15-14-25-28(35(26)40(49)54)20-30-37(52)27(22-9-5-3-6-10-22)21-34(51)41(30,23-11-7-4-8-12-23)36(25)29-19-24(55-2)13-17-32(29)50/h3-14,16-19,21,26,28,30,35-36,50H,15,20H2,1-2H3/t26-,28+,30-,35-,36+,41-/m0/s1. The number of allylic oxidation sites excluding steroid dienone is 4. The van der Waals surface area contributed by atoms with Crippen LogP contribution in [0.4, 0.5) is 19.0 Å². The van der Waals surface area contributed by atoms with Crippen LogP contribution in [0.3, 0.4) is 0 Å². The summed E-state index contributed by atoms with van der Waals surface area (Å²) in [6.45, 7) is 0. The number of Topliss-reactive ketones (excluding diaryl/α,β-unsaturated/α-hetero) is 1. The van der Waals surface area contributed by atoms with Crippen LogP contribution >= 0.6 is 11.6 Å². The SMILES string of the molecule is COc1ccc(O)c([C@H]2C3=CC[C@@H]4C(=O)N(N(C)c5nc(C(F)(F)F)ccc5Cl)C(=O)[C@@H]4[C@@H]3C[C@H]3C(=O)C(c4ccccc4)=CC(=O)[C@@]23c2ccccc2)c1. The predicted molar refractivity (Wildman–Crippen MR) is 196 cm³/mol. The molecule has 55 heavy (non-hydrogen) atoms. The zero-order valence-corrected chi connectivity index (χ0v) is 30.2. The van der Waals surface area contributed by atoms with Gasteiger partial charge in [0, 0.05) is 30.0 Å². The Morgan fingerprint density at radius 2 is 1.62 bits per heavy atom. The highest BCUT2D eigenvalue weighted by atomic mass is 35.5. The fraction of sp³-hybridized carbons (Fsp3) is 0.262. The number of imide groups is 1. The molecule has 9 nitrogen and oxygen atoms in total. The number of phenols is 1. The van der Waals surface area contributed by atoms with E-state index in [0.717, 1.165) is 16.1 Å².